The smallest absolute Gasteiger partial charge is 0.0780 e. The van der Waals surface area contributed by atoms with Crippen molar-refractivity contribution in [1.82, 2.24) is 0 Å². The van der Waals surface area contributed by atoms with Crippen molar-refractivity contribution in [2.75, 3.05) is 0 Å². The number of hydrogen-bond donors (Lipinski definition) is 2. The highest BCUT2D eigenvalue weighted by molar-refractivity contribution is 5.03. The topological polar surface area (TPSA) is 40.5 Å². The summed E-state index contributed by atoms with van der Waals surface area (Å²) in [7, 11) is 0. The summed E-state index contributed by atoms with van der Waals surface area (Å²) < 4.78 is 0. The van der Waals surface area contributed by atoms with Crippen LogP contribution in [-0.4, -0.2) is 22.4 Å². The number of hydrogen-bond acceptors (Lipinski definition) is 2. The van der Waals surface area contributed by atoms with Crippen LogP contribution in [0.5, 0.6) is 0 Å². The zero-order valence-electron chi connectivity index (χ0n) is 14.6. The van der Waals surface area contributed by atoms with Crippen LogP contribution in [0.25, 0.3) is 0 Å². The van der Waals surface area contributed by atoms with Gasteiger partial charge < -0.3 is 10.2 Å². The average Bonchev–Trinajstić information content (AvgIpc) is 2.46. The van der Waals surface area contributed by atoms with Crippen LogP contribution < -0.4 is 0 Å². The minimum atomic E-state index is -0.497. The molecule has 2 N–H and O–H groups in total. The third kappa shape index (κ3) is 9.10. The van der Waals surface area contributed by atoms with Crippen LogP contribution in [0.4, 0.5) is 0 Å². The fourth-order valence-electron chi connectivity index (χ4n) is 2.19. The summed E-state index contributed by atoms with van der Waals surface area (Å²) in [6, 6.07) is 0. The number of unbranched alkanes of at least 4 members (excludes halogenated alkanes) is 2. The molecule has 2 nitrogen and oxygen atoms in total. The lowest BCUT2D eigenvalue weighted by Crippen LogP contribution is -2.27. The highest BCUT2D eigenvalue weighted by atomic mass is 16.3. The minimum absolute atomic E-state index is 0.121. The third-order valence-corrected chi connectivity index (χ3v) is 4.22. The normalized spacial score (nSPS) is 17.5. The molecule has 0 spiro atoms. The first-order chi connectivity index (χ1) is 9.85. The number of allylic oxidation sites excluding steroid dienone is 2. The third-order valence-electron chi connectivity index (χ3n) is 4.22. The van der Waals surface area contributed by atoms with Crippen LogP contribution in [-0.2, 0) is 0 Å². The number of aliphatic hydroxyl groups excluding tert-OH is 2. The summed E-state index contributed by atoms with van der Waals surface area (Å²) in [5, 5.41) is 20.2. The molecule has 0 amide bonds. The summed E-state index contributed by atoms with van der Waals surface area (Å²) in [6.45, 7) is 10.5. The van der Waals surface area contributed by atoms with Gasteiger partial charge >= 0.3 is 0 Å². The van der Waals surface area contributed by atoms with Gasteiger partial charge in [0.2, 0.25) is 0 Å². The summed E-state index contributed by atoms with van der Waals surface area (Å²) in [5.41, 5.74) is -0.121. The van der Waals surface area contributed by atoms with Gasteiger partial charge in [0, 0.05) is 0 Å². The summed E-state index contributed by atoms with van der Waals surface area (Å²) in [6.07, 6.45) is 13.9. The van der Waals surface area contributed by atoms with E-state index in [-0.39, 0.29) is 11.3 Å². The van der Waals surface area contributed by atoms with Crippen molar-refractivity contribution in [2.24, 2.45) is 11.3 Å². The molecule has 123 valence electrons. The molecule has 0 aliphatic rings. The Kier molecular flexibility index (Phi) is 10.7. The molecule has 2 heteroatoms. The number of aliphatic hydroxyl groups is 2. The van der Waals surface area contributed by atoms with E-state index in [1.54, 1.807) is 18.2 Å². The predicted molar refractivity (Wildman–Crippen MR) is 91.0 cm³/mol. The van der Waals surface area contributed by atoms with E-state index >= 15 is 0 Å². The second-order valence-electron chi connectivity index (χ2n) is 6.84. The highest BCUT2D eigenvalue weighted by Gasteiger charge is 2.24. The minimum Gasteiger partial charge on any atom is -0.389 e. The fraction of sp³-hybridized carbons (Fsp3) is 0.789. The second kappa shape index (κ2) is 11.0. The van der Waals surface area contributed by atoms with Crippen molar-refractivity contribution in [3.05, 3.63) is 24.3 Å². The molecule has 0 saturated carbocycles. The van der Waals surface area contributed by atoms with E-state index in [4.69, 9.17) is 0 Å². The molecule has 0 fully saturated rings. The SMILES string of the molecule is CCCCC(C)C(O)/C=C\[C]=C\C(O)C(C)(C)CCCC. The van der Waals surface area contributed by atoms with Gasteiger partial charge in [-0.05, 0) is 36.3 Å². The molecule has 0 heterocycles. The quantitative estimate of drug-likeness (QED) is 0.544. The molecule has 0 aliphatic carbocycles. The molecule has 0 bridgehead atoms. The molecule has 0 aromatic heterocycles. The molecule has 3 unspecified atom stereocenters. The van der Waals surface area contributed by atoms with Gasteiger partial charge in [-0.15, -0.1) is 0 Å². The highest BCUT2D eigenvalue weighted by Crippen LogP contribution is 2.28. The van der Waals surface area contributed by atoms with Crippen molar-refractivity contribution < 1.29 is 10.2 Å². The van der Waals surface area contributed by atoms with Gasteiger partial charge in [0.15, 0.2) is 0 Å². The molecule has 3 atom stereocenters. The molecule has 1 radical (unpaired) electrons. The average molecular weight is 295 g/mol. The Bertz CT molecular complexity index is 305. The van der Waals surface area contributed by atoms with Crippen LogP contribution in [0, 0.1) is 17.4 Å². The van der Waals surface area contributed by atoms with Crippen molar-refractivity contribution in [3.8, 4) is 0 Å². The summed E-state index contributed by atoms with van der Waals surface area (Å²) >= 11 is 0. The monoisotopic (exact) mass is 295 g/mol. The Morgan fingerprint density at radius 1 is 1.10 bits per heavy atom. The summed E-state index contributed by atoms with van der Waals surface area (Å²) in [4.78, 5) is 0. The summed E-state index contributed by atoms with van der Waals surface area (Å²) in [5.74, 6) is 0.272. The first-order valence-electron chi connectivity index (χ1n) is 8.47. The van der Waals surface area contributed by atoms with Crippen molar-refractivity contribution in [3.63, 3.8) is 0 Å². The Hall–Kier alpha value is -0.600. The second-order valence-corrected chi connectivity index (χ2v) is 6.84. The van der Waals surface area contributed by atoms with Crippen molar-refractivity contribution in [1.29, 1.82) is 0 Å². The Balaban J connectivity index is 4.26. The molecule has 0 aromatic rings. The van der Waals surface area contributed by atoms with Crippen LogP contribution in [0.15, 0.2) is 18.2 Å². The fourth-order valence-corrected chi connectivity index (χ4v) is 2.19. The molecular weight excluding hydrogens is 260 g/mol. The maximum atomic E-state index is 10.2. The van der Waals surface area contributed by atoms with Crippen molar-refractivity contribution in [2.45, 2.75) is 85.4 Å². The largest absolute Gasteiger partial charge is 0.389 e. The number of rotatable bonds is 11. The van der Waals surface area contributed by atoms with Gasteiger partial charge in [0.25, 0.3) is 0 Å². The predicted octanol–water partition coefficient (Wildman–Crippen LogP) is 4.67. The van der Waals surface area contributed by atoms with Gasteiger partial charge in [0.05, 0.1) is 12.2 Å². The van der Waals surface area contributed by atoms with Crippen molar-refractivity contribution >= 4 is 0 Å². The van der Waals surface area contributed by atoms with E-state index in [1.807, 2.05) is 0 Å². The van der Waals surface area contributed by atoms with Crippen LogP contribution in [0.1, 0.15) is 73.1 Å². The maximum absolute atomic E-state index is 10.2. The van der Waals surface area contributed by atoms with Gasteiger partial charge in [0.1, 0.15) is 0 Å². The lowest BCUT2D eigenvalue weighted by molar-refractivity contribution is 0.0813. The molecular formula is C19H35O2. The van der Waals surface area contributed by atoms with Gasteiger partial charge in [-0.25, -0.2) is 0 Å². The Labute approximate surface area is 132 Å². The molecule has 0 aromatic carbocycles. The van der Waals surface area contributed by atoms with Crippen LogP contribution in [0.3, 0.4) is 0 Å². The molecule has 0 saturated heterocycles. The van der Waals surface area contributed by atoms with Gasteiger partial charge in [-0.2, -0.15) is 0 Å². The van der Waals surface area contributed by atoms with E-state index in [2.05, 4.69) is 40.7 Å². The van der Waals surface area contributed by atoms with Crippen LogP contribution >= 0.6 is 0 Å². The van der Waals surface area contributed by atoms with Gasteiger partial charge in [-0.1, -0.05) is 72.5 Å². The van der Waals surface area contributed by atoms with E-state index in [0.29, 0.717) is 0 Å². The van der Waals surface area contributed by atoms with E-state index in [9.17, 15) is 10.2 Å². The maximum Gasteiger partial charge on any atom is 0.0780 e. The molecule has 0 aliphatic heterocycles. The first kappa shape index (κ1) is 20.4. The zero-order valence-corrected chi connectivity index (χ0v) is 14.6. The standard InChI is InChI=1S/C19H35O2/c1-6-8-12-16(3)17(20)13-10-11-14-18(21)19(4,5)15-9-7-2/h10,13-14,16-18,20-21H,6-9,12,15H2,1-5H3/b13-10-,14-11?. The van der Waals surface area contributed by atoms with Gasteiger partial charge in [-0.3, -0.25) is 0 Å². The van der Waals surface area contributed by atoms with Crippen LogP contribution in [0.2, 0.25) is 0 Å². The first-order valence-corrected chi connectivity index (χ1v) is 8.47. The Morgan fingerprint density at radius 2 is 1.71 bits per heavy atom. The van der Waals surface area contributed by atoms with E-state index in [1.165, 1.54) is 0 Å². The lowest BCUT2D eigenvalue weighted by Gasteiger charge is -2.28. The molecule has 0 rings (SSSR count). The van der Waals surface area contributed by atoms with E-state index in [0.717, 1.165) is 38.5 Å². The zero-order chi connectivity index (χ0) is 16.3. The molecule has 21 heavy (non-hydrogen) atoms. The lowest BCUT2D eigenvalue weighted by atomic mass is 9.81. The Morgan fingerprint density at radius 3 is 2.29 bits per heavy atom. The van der Waals surface area contributed by atoms with E-state index < -0.39 is 12.2 Å².